The highest BCUT2D eigenvalue weighted by molar-refractivity contribution is 6.04. The Hall–Kier alpha value is -2.21. The largest absolute Gasteiger partial charge is 0.337 e. The molecule has 2 aromatic rings. The highest BCUT2D eigenvalue weighted by Gasteiger charge is 2.36. The van der Waals surface area contributed by atoms with Crippen LogP contribution in [0.1, 0.15) is 56.9 Å². The number of amides is 1. The van der Waals surface area contributed by atoms with Crippen molar-refractivity contribution in [1.82, 2.24) is 14.7 Å². The zero-order valence-corrected chi connectivity index (χ0v) is 16.6. The Morgan fingerprint density at radius 3 is 2.63 bits per heavy atom. The summed E-state index contributed by atoms with van der Waals surface area (Å²) in [7, 11) is 0. The lowest BCUT2D eigenvalue weighted by Crippen LogP contribution is -2.54. The number of aryl methyl sites for hydroxylation is 1. The molecule has 0 radical (unpaired) electrons. The van der Waals surface area contributed by atoms with Crippen molar-refractivity contribution in [3.8, 4) is 0 Å². The number of rotatable bonds is 5. The van der Waals surface area contributed by atoms with Crippen LogP contribution in [0, 0.1) is 5.41 Å². The van der Waals surface area contributed by atoms with Crippen LogP contribution in [-0.2, 0) is 6.54 Å². The topological polar surface area (TPSA) is 81.2 Å². The molecule has 2 heterocycles. The molecule has 1 aliphatic rings. The van der Waals surface area contributed by atoms with E-state index in [4.69, 9.17) is 5.73 Å². The predicted octanol–water partition coefficient (Wildman–Crippen LogP) is 2.79. The lowest BCUT2D eigenvalue weighted by molar-refractivity contribution is 0.0527. The molecule has 1 aromatic carbocycles. The number of fused-ring (bicyclic) bond motifs is 1. The number of carbonyl (C=O) groups excluding carboxylic acids is 1. The molecule has 1 amide bonds. The predicted molar refractivity (Wildman–Crippen MR) is 108 cm³/mol. The van der Waals surface area contributed by atoms with Gasteiger partial charge < -0.3 is 10.6 Å². The molecule has 2 N–H and O–H groups in total. The summed E-state index contributed by atoms with van der Waals surface area (Å²) in [5.74, 6) is -0.115. The zero-order chi connectivity index (χ0) is 19.6. The third kappa shape index (κ3) is 3.90. The molecular weight excluding hydrogens is 340 g/mol. The van der Waals surface area contributed by atoms with Crippen LogP contribution in [0.25, 0.3) is 10.8 Å². The Labute approximate surface area is 160 Å². The molecule has 1 aromatic heterocycles. The van der Waals surface area contributed by atoms with Crippen molar-refractivity contribution >= 4 is 16.7 Å². The van der Waals surface area contributed by atoms with Gasteiger partial charge in [-0.05, 0) is 24.3 Å². The maximum absolute atomic E-state index is 13.3. The number of hydrogen-bond donors (Lipinski definition) is 1. The SMILES string of the molecule is CCCCCn1nc(C(=O)N2CCC(N)C(C)(C)C2)c2ccccc2c1=O. The molecule has 3 rings (SSSR count). The van der Waals surface area contributed by atoms with Crippen LogP contribution in [0.15, 0.2) is 29.1 Å². The number of unbranched alkanes of at least 4 members (excludes halogenated alkanes) is 2. The lowest BCUT2D eigenvalue weighted by atomic mass is 9.79. The van der Waals surface area contributed by atoms with E-state index >= 15 is 0 Å². The third-order valence-electron chi connectivity index (χ3n) is 5.64. The normalized spacial score (nSPS) is 19.4. The lowest BCUT2D eigenvalue weighted by Gasteiger charge is -2.42. The van der Waals surface area contributed by atoms with Gasteiger partial charge in [-0.25, -0.2) is 4.68 Å². The Morgan fingerprint density at radius 1 is 1.26 bits per heavy atom. The zero-order valence-electron chi connectivity index (χ0n) is 16.6. The van der Waals surface area contributed by atoms with Crippen molar-refractivity contribution in [2.75, 3.05) is 13.1 Å². The second kappa shape index (κ2) is 7.80. The maximum Gasteiger partial charge on any atom is 0.274 e. The first-order valence-electron chi connectivity index (χ1n) is 9.90. The fourth-order valence-corrected chi connectivity index (χ4v) is 3.75. The second-order valence-electron chi connectivity index (χ2n) is 8.24. The van der Waals surface area contributed by atoms with E-state index in [9.17, 15) is 9.59 Å². The molecule has 6 nitrogen and oxygen atoms in total. The molecule has 1 aliphatic heterocycles. The van der Waals surface area contributed by atoms with Crippen molar-refractivity contribution in [2.45, 2.75) is 59.0 Å². The smallest absolute Gasteiger partial charge is 0.274 e. The van der Waals surface area contributed by atoms with Crippen molar-refractivity contribution in [1.29, 1.82) is 0 Å². The molecule has 1 fully saturated rings. The molecule has 0 saturated carbocycles. The van der Waals surface area contributed by atoms with Gasteiger partial charge in [0.05, 0.1) is 5.39 Å². The van der Waals surface area contributed by atoms with Gasteiger partial charge in [0.1, 0.15) is 0 Å². The molecular formula is C21H30N4O2. The summed E-state index contributed by atoms with van der Waals surface area (Å²) in [4.78, 5) is 27.9. The average molecular weight is 370 g/mol. The Balaban J connectivity index is 2.01. The van der Waals surface area contributed by atoms with E-state index in [0.29, 0.717) is 36.1 Å². The fraction of sp³-hybridized carbons (Fsp3) is 0.571. The Morgan fingerprint density at radius 2 is 1.96 bits per heavy atom. The minimum Gasteiger partial charge on any atom is -0.337 e. The summed E-state index contributed by atoms with van der Waals surface area (Å²) in [6.07, 6.45) is 3.74. The van der Waals surface area contributed by atoms with Crippen LogP contribution in [-0.4, -0.2) is 39.7 Å². The minimum absolute atomic E-state index is 0.0780. The number of likely N-dealkylation sites (tertiary alicyclic amines) is 1. The number of benzene rings is 1. The molecule has 0 bridgehead atoms. The first-order chi connectivity index (χ1) is 12.8. The highest BCUT2D eigenvalue weighted by atomic mass is 16.2. The molecule has 0 aliphatic carbocycles. The van der Waals surface area contributed by atoms with E-state index in [1.54, 1.807) is 6.07 Å². The van der Waals surface area contributed by atoms with Crippen LogP contribution >= 0.6 is 0 Å². The first kappa shape index (κ1) is 19.5. The number of nitrogens with two attached hydrogens (primary N) is 1. The standard InChI is InChI=1S/C21H30N4O2/c1-4-5-8-12-25-19(26)16-10-7-6-9-15(16)18(23-25)20(27)24-13-11-17(22)21(2,3)14-24/h6-7,9-10,17H,4-5,8,11-14,22H2,1-3H3. The van der Waals surface area contributed by atoms with Crippen LogP contribution < -0.4 is 11.3 Å². The molecule has 0 spiro atoms. The van der Waals surface area contributed by atoms with Gasteiger partial charge in [-0.1, -0.05) is 51.8 Å². The van der Waals surface area contributed by atoms with Crippen molar-refractivity contribution in [2.24, 2.45) is 11.1 Å². The minimum atomic E-state index is -0.140. The van der Waals surface area contributed by atoms with Gasteiger partial charge in [0.25, 0.3) is 11.5 Å². The number of hydrogen-bond acceptors (Lipinski definition) is 4. The van der Waals surface area contributed by atoms with E-state index in [1.807, 2.05) is 23.1 Å². The van der Waals surface area contributed by atoms with Crippen LogP contribution in [0.3, 0.4) is 0 Å². The van der Waals surface area contributed by atoms with Crippen LogP contribution in [0.4, 0.5) is 0 Å². The quantitative estimate of drug-likeness (QED) is 0.821. The van der Waals surface area contributed by atoms with Crippen LogP contribution in [0.5, 0.6) is 0 Å². The molecule has 6 heteroatoms. The van der Waals surface area contributed by atoms with E-state index in [-0.39, 0.29) is 22.9 Å². The van der Waals surface area contributed by atoms with Gasteiger partial charge in [0.15, 0.2) is 5.69 Å². The molecule has 1 atom stereocenters. The molecule has 1 saturated heterocycles. The monoisotopic (exact) mass is 370 g/mol. The fourth-order valence-electron chi connectivity index (χ4n) is 3.75. The van der Waals surface area contributed by atoms with Gasteiger partial charge >= 0.3 is 0 Å². The summed E-state index contributed by atoms with van der Waals surface area (Å²) in [6.45, 7) is 8.05. The van der Waals surface area contributed by atoms with Crippen molar-refractivity contribution in [3.63, 3.8) is 0 Å². The van der Waals surface area contributed by atoms with E-state index in [1.165, 1.54) is 4.68 Å². The third-order valence-corrected chi connectivity index (χ3v) is 5.64. The average Bonchev–Trinajstić information content (AvgIpc) is 2.65. The number of aromatic nitrogens is 2. The number of carbonyl (C=O) groups is 1. The van der Waals surface area contributed by atoms with Gasteiger partial charge in [0.2, 0.25) is 0 Å². The van der Waals surface area contributed by atoms with E-state index < -0.39 is 0 Å². The van der Waals surface area contributed by atoms with E-state index in [2.05, 4.69) is 25.9 Å². The van der Waals surface area contributed by atoms with Gasteiger partial charge in [-0.2, -0.15) is 5.10 Å². The highest BCUT2D eigenvalue weighted by Crippen LogP contribution is 2.29. The van der Waals surface area contributed by atoms with Crippen LogP contribution in [0.2, 0.25) is 0 Å². The summed E-state index contributed by atoms with van der Waals surface area (Å²) >= 11 is 0. The first-order valence-corrected chi connectivity index (χ1v) is 9.90. The van der Waals surface area contributed by atoms with Gasteiger partial charge in [0, 0.05) is 31.1 Å². The molecule has 1 unspecified atom stereocenters. The summed E-state index contributed by atoms with van der Waals surface area (Å²) in [6, 6.07) is 7.35. The van der Waals surface area contributed by atoms with Gasteiger partial charge in [-0.3, -0.25) is 9.59 Å². The Kier molecular flexibility index (Phi) is 5.65. The Bertz CT molecular complexity index is 887. The second-order valence-corrected chi connectivity index (χ2v) is 8.24. The van der Waals surface area contributed by atoms with Crippen molar-refractivity contribution in [3.05, 3.63) is 40.3 Å². The maximum atomic E-state index is 13.3. The number of nitrogens with zero attached hydrogens (tertiary/aromatic N) is 3. The summed E-state index contributed by atoms with van der Waals surface area (Å²) in [5.41, 5.74) is 6.32. The van der Waals surface area contributed by atoms with E-state index in [0.717, 1.165) is 25.7 Å². The van der Waals surface area contributed by atoms with Crippen molar-refractivity contribution < 1.29 is 4.79 Å². The molecule has 27 heavy (non-hydrogen) atoms. The van der Waals surface area contributed by atoms with Gasteiger partial charge in [-0.15, -0.1) is 0 Å². The number of piperidine rings is 1. The molecule has 146 valence electrons. The summed E-state index contributed by atoms with van der Waals surface area (Å²) < 4.78 is 1.46. The summed E-state index contributed by atoms with van der Waals surface area (Å²) in [5, 5.41) is 5.68.